The lowest BCUT2D eigenvalue weighted by molar-refractivity contribution is 0.528. The van der Waals surface area contributed by atoms with Crippen LogP contribution in [0.1, 0.15) is 49.4 Å². The van der Waals surface area contributed by atoms with Crippen molar-refractivity contribution in [2.24, 2.45) is 0 Å². The van der Waals surface area contributed by atoms with E-state index in [1.54, 1.807) is 12.1 Å². The monoisotopic (exact) mass is 406 g/mol. The van der Waals surface area contributed by atoms with Gasteiger partial charge in [-0.1, -0.05) is 36.0 Å². The summed E-state index contributed by atoms with van der Waals surface area (Å²) in [5.41, 5.74) is 3.51. The van der Waals surface area contributed by atoms with Crippen LogP contribution in [0.25, 0.3) is 11.2 Å². The molecule has 4 rings (SSSR count). The number of imidazole rings is 1. The summed E-state index contributed by atoms with van der Waals surface area (Å²) in [7, 11) is 0. The van der Waals surface area contributed by atoms with E-state index in [-0.39, 0.29) is 0 Å². The van der Waals surface area contributed by atoms with Gasteiger partial charge in [-0.05, 0) is 55.0 Å². The Balaban J connectivity index is 1.29. The van der Waals surface area contributed by atoms with E-state index in [0.717, 1.165) is 62.1 Å². The molecule has 0 saturated heterocycles. The molecule has 1 atom stereocenters. The number of anilines is 1. The summed E-state index contributed by atoms with van der Waals surface area (Å²) >= 11 is 12.5. The minimum Gasteiger partial charge on any atom is -0.384 e. The van der Waals surface area contributed by atoms with Crippen LogP contribution in [0.3, 0.4) is 0 Å². The first-order valence-electron chi connectivity index (χ1n) is 9.34. The van der Waals surface area contributed by atoms with Crippen LogP contribution in [0.2, 0.25) is 10.0 Å². The van der Waals surface area contributed by atoms with Crippen LogP contribution in [-0.4, -0.2) is 21.5 Å². The molecule has 3 aromatic rings. The summed E-state index contributed by atoms with van der Waals surface area (Å²) in [5.74, 6) is 0.868. The van der Waals surface area contributed by atoms with E-state index in [9.17, 15) is 4.39 Å². The van der Waals surface area contributed by atoms with Gasteiger partial charge in [0.1, 0.15) is 5.82 Å². The van der Waals surface area contributed by atoms with Crippen molar-refractivity contribution in [2.45, 2.75) is 44.4 Å². The van der Waals surface area contributed by atoms with Gasteiger partial charge in [-0.25, -0.2) is 4.98 Å². The van der Waals surface area contributed by atoms with E-state index in [1.807, 2.05) is 6.07 Å². The third kappa shape index (κ3) is 4.19. The molecule has 142 valence electrons. The summed E-state index contributed by atoms with van der Waals surface area (Å²) in [6.45, 7) is 0.946. The molecule has 27 heavy (non-hydrogen) atoms. The molecular formula is C20H21Cl2FN4. The molecular weight excluding hydrogens is 386 g/mol. The number of unbranched alkanes of at least 4 members (excludes halogenated alkanes) is 2. The van der Waals surface area contributed by atoms with Gasteiger partial charge in [0, 0.05) is 18.0 Å². The Morgan fingerprint density at radius 3 is 2.89 bits per heavy atom. The number of rotatable bonds is 6. The van der Waals surface area contributed by atoms with Crippen molar-refractivity contribution in [3.63, 3.8) is 0 Å². The minimum atomic E-state index is -0.497. The fraction of sp³-hybridized carbons (Fsp3) is 0.400. The second kappa shape index (κ2) is 8.03. The van der Waals surface area contributed by atoms with Gasteiger partial charge in [0.05, 0.1) is 16.2 Å². The Morgan fingerprint density at radius 2 is 2.00 bits per heavy atom. The second-order valence-electron chi connectivity index (χ2n) is 7.05. The highest BCUT2D eigenvalue weighted by Gasteiger charge is 2.22. The predicted octanol–water partition coefficient (Wildman–Crippen LogP) is 6.11. The SMILES string of the molecule is Fc1ccc2[nH]c(CCCCC[C@@H]3CCNc4c(Cl)cc(Cl)cc43)nc2n1. The lowest BCUT2D eigenvalue weighted by atomic mass is 9.86. The molecule has 1 aliphatic heterocycles. The van der Waals surface area contributed by atoms with E-state index in [4.69, 9.17) is 23.2 Å². The van der Waals surface area contributed by atoms with Gasteiger partial charge in [0.2, 0.25) is 5.95 Å². The normalized spacial score (nSPS) is 16.3. The Morgan fingerprint density at radius 1 is 1.11 bits per heavy atom. The minimum absolute atomic E-state index is 0.449. The van der Waals surface area contributed by atoms with Gasteiger partial charge in [-0.15, -0.1) is 0 Å². The zero-order valence-electron chi connectivity index (χ0n) is 14.9. The third-order valence-electron chi connectivity index (χ3n) is 5.15. The Kier molecular flexibility index (Phi) is 5.50. The van der Waals surface area contributed by atoms with E-state index >= 15 is 0 Å². The molecule has 0 fully saturated rings. The number of benzene rings is 1. The number of nitrogens with zero attached hydrogens (tertiary/aromatic N) is 2. The fourth-order valence-corrected chi connectivity index (χ4v) is 4.40. The predicted molar refractivity (Wildman–Crippen MR) is 108 cm³/mol. The van der Waals surface area contributed by atoms with Gasteiger partial charge >= 0.3 is 0 Å². The van der Waals surface area contributed by atoms with E-state index in [0.29, 0.717) is 21.6 Å². The molecule has 0 amide bonds. The second-order valence-corrected chi connectivity index (χ2v) is 7.90. The van der Waals surface area contributed by atoms with Crippen molar-refractivity contribution in [2.75, 3.05) is 11.9 Å². The quantitative estimate of drug-likeness (QED) is 0.383. The molecule has 1 aliphatic rings. The number of H-pyrrole nitrogens is 1. The molecule has 0 spiro atoms. The Labute approximate surface area is 167 Å². The van der Waals surface area contributed by atoms with E-state index in [1.165, 1.54) is 11.6 Å². The number of aromatic amines is 1. The standard InChI is InChI=1S/C20H21Cl2FN4/c21-13-10-14-12(8-9-24-19(14)15(22)11-13)4-2-1-3-5-18-25-16-6-7-17(23)26-20(16)27-18/h6-7,10-12,24H,1-5,8-9H2,(H,25,26,27)/t12-/m1/s1. The molecule has 1 aromatic carbocycles. The maximum atomic E-state index is 13.1. The zero-order chi connectivity index (χ0) is 18.8. The number of hydrogen-bond acceptors (Lipinski definition) is 3. The highest BCUT2D eigenvalue weighted by atomic mass is 35.5. The van der Waals surface area contributed by atoms with Gasteiger partial charge in [0.25, 0.3) is 0 Å². The number of hydrogen-bond donors (Lipinski definition) is 2. The van der Waals surface area contributed by atoms with Crippen molar-refractivity contribution in [3.8, 4) is 0 Å². The number of fused-ring (bicyclic) bond motifs is 2. The third-order valence-corrected chi connectivity index (χ3v) is 5.66. The van der Waals surface area contributed by atoms with Crippen LogP contribution in [0.5, 0.6) is 0 Å². The Hall–Kier alpha value is -1.85. The van der Waals surface area contributed by atoms with Crippen molar-refractivity contribution >= 4 is 40.1 Å². The summed E-state index contributed by atoms with van der Waals surface area (Å²) in [6, 6.07) is 6.87. The molecule has 0 saturated carbocycles. The van der Waals surface area contributed by atoms with Gasteiger partial charge in [0.15, 0.2) is 5.65 Å². The van der Waals surface area contributed by atoms with Crippen molar-refractivity contribution in [3.05, 3.63) is 51.6 Å². The van der Waals surface area contributed by atoms with Crippen molar-refractivity contribution in [1.82, 2.24) is 15.0 Å². The van der Waals surface area contributed by atoms with Gasteiger partial charge < -0.3 is 10.3 Å². The smallest absolute Gasteiger partial charge is 0.215 e. The van der Waals surface area contributed by atoms with Crippen LogP contribution in [-0.2, 0) is 6.42 Å². The van der Waals surface area contributed by atoms with Crippen LogP contribution in [0.15, 0.2) is 24.3 Å². The van der Waals surface area contributed by atoms with Crippen LogP contribution in [0, 0.1) is 5.95 Å². The first-order chi connectivity index (χ1) is 13.1. The molecule has 2 N–H and O–H groups in total. The number of aryl methyl sites for hydroxylation is 1. The molecule has 0 aliphatic carbocycles. The van der Waals surface area contributed by atoms with Crippen molar-refractivity contribution in [1.29, 1.82) is 0 Å². The lowest BCUT2D eigenvalue weighted by Crippen LogP contribution is -2.17. The van der Waals surface area contributed by atoms with Gasteiger partial charge in [-0.2, -0.15) is 9.37 Å². The van der Waals surface area contributed by atoms with Crippen LogP contribution < -0.4 is 5.32 Å². The maximum absolute atomic E-state index is 13.1. The molecule has 3 heterocycles. The zero-order valence-corrected chi connectivity index (χ0v) is 16.4. The number of aromatic nitrogens is 3. The number of halogens is 3. The summed E-state index contributed by atoms with van der Waals surface area (Å²) in [6.07, 6.45) is 6.37. The summed E-state index contributed by atoms with van der Waals surface area (Å²) in [5, 5.41) is 4.79. The molecule has 7 heteroatoms. The number of pyridine rings is 1. The van der Waals surface area contributed by atoms with E-state index in [2.05, 4.69) is 20.3 Å². The fourth-order valence-electron chi connectivity index (χ4n) is 3.83. The average Bonchev–Trinajstić information content (AvgIpc) is 3.03. The molecule has 2 aromatic heterocycles. The highest BCUT2D eigenvalue weighted by molar-refractivity contribution is 6.36. The lowest BCUT2D eigenvalue weighted by Gasteiger charge is -2.28. The first kappa shape index (κ1) is 18.5. The molecule has 0 unspecified atom stereocenters. The number of nitrogens with one attached hydrogen (secondary N) is 2. The van der Waals surface area contributed by atoms with E-state index < -0.39 is 5.95 Å². The topological polar surface area (TPSA) is 53.6 Å². The van der Waals surface area contributed by atoms with Crippen molar-refractivity contribution < 1.29 is 4.39 Å². The maximum Gasteiger partial charge on any atom is 0.215 e. The van der Waals surface area contributed by atoms with Crippen LogP contribution >= 0.6 is 23.2 Å². The first-order valence-corrected chi connectivity index (χ1v) is 10.1. The molecule has 0 bridgehead atoms. The Bertz CT molecular complexity index is 957. The van der Waals surface area contributed by atoms with Crippen LogP contribution in [0.4, 0.5) is 10.1 Å². The summed E-state index contributed by atoms with van der Waals surface area (Å²) in [4.78, 5) is 11.4. The average molecular weight is 407 g/mol. The molecule has 0 radical (unpaired) electrons. The van der Waals surface area contributed by atoms with Gasteiger partial charge in [-0.3, -0.25) is 0 Å². The molecule has 4 nitrogen and oxygen atoms in total. The summed E-state index contributed by atoms with van der Waals surface area (Å²) < 4.78 is 13.1. The highest BCUT2D eigenvalue weighted by Crippen LogP contribution is 2.41. The largest absolute Gasteiger partial charge is 0.384 e.